The van der Waals surface area contributed by atoms with Crippen molar-refractivity contribution in [2.45, 2.75) is 45.6 Å². The largest absolute Gasteiger partial charge is 0.382 e. The Kier molecular flexibility index (Phi) is 5.91. The third-order valence-electron chi connectivity index (χ3n) is 2.79. The van der Waals surface area contributed by atoms with Crippen molar-refractivity contribution < 1.29 is 4.79 Å². The molecule has 0 fully saturated rings. The molecule has 0 radical (unpaired) electrons. The normalized spacial score (nSPS) is 12.2. The summed E-state index contributed by atoms with van der Waals surface area (Å²) >= 11 is 1.24. The molecule has 4 N–H and O–H groups in total. The van der Waals surface area contributed by atoms with Crippen molar-refractivity contribution in [2.24, 2.45) is 0 Å². The van der Waals surface area contributed by atoms with Crippen LogP contribution in [-0.4, -0.2) is 23.4 Å². The van der Waals surface area contributed by atoms with Crippen LogP contribution in [0, 0.1) is 0 Å². The summed E-state index contributed by atoms with van der Waals surface area (Å²) in [6.45, 7) is 4.30. The molecule has 0 aromatic carbocycles. The van der Waals surface area contributed by atoms with Crippen molar-refractivity contribution in [2.75, 3.05) is 18.1 Å². The lowest BCUT2D eigenvalue weighted by Gasteiger charge is -2.14. The Morgan fingerprint density at radius 1 is 1.50 bits per heavy atom. The van der Waals surface area contributed by atoms with E-state index in [4.69, 9.17) is 5.73 Å². The van der Waals surface area contributed by atoms with Gasteiger partial charge in [0.2, 0.25) is 0 Å². The number of nitrogens with zero attached hydrogens (tertiary/aromatic N) is 1. The second-order valence-electron chi connectivity index (χ2n) is 4.39. The van der Waals surface area contributed by atoms with E-state index in [1.807, 2.05) is 0 Å². The average molecular weight is 270 g/mol. The van der Waals surface area contributed by atoms with Gasteiger partial charge in [-0.3, -0.25) is 4.79 Å². The van der Waals surface area contributed by atoms with Crippen molar-refractivity contribution in [1.82, 2.24) is 9.69 Å². The number of aromatic nitrogens is 1. The van der Waals surface area contributed by atoms with Crippen molar-refractivity contribution >= 4 is 28.3 Å². The molecule has 1 unspecified atom stereocenters. The van der Waals surface area contributed by atoms with Crippen LogP contribution in [-0.2, 0) is 0 Å². The molecule has 0 saturated heterocycles. The highest BCUT2D eigenvalue weighted by atomic mass is 32.1. The summed E-state index contributed by atoms with van der Waals surface area (Å²) in [5.41, 5.74) is 6.18. The molecule has 1 heterocycles. The quantitative estimate of drug-likeness (QED) is 0.665. The second kappa shape index (κ2) is 7.20. The minimum atomic E-state index is -0.190. The third kappa shape index (κ3) is 3.87. The van der Waals surface area contributed by atoms with Gasteiger partial charge in [0, 0.05) is 13.1 Å². The number of anilines is 2. The smallest absolute Gasteiger partial charge is 0.257 e. The lowest BCUT2D eigenvalue weighted by molar-refractivity contribution is 0.0965. The number of carbonyl (C=O) groups excluding carboxylic acids is 1. The second-order valence-corrected chi connectivity index (χ2v) is 5.17. The van der Waals surface area contributed by atoms with Gasteiger partial charge in [0.15, 0.2) is 5.82 Å². The van der Waals surface area contributed by atoms with Gasteiger partial charge in [0.05, 0.1) is 0 Å². The van der Waals surface area contributed by atoms with E-state index in [9.17, 15) is 4.79 Å². The van der Waals surface area contributed by atoms with Crippen molar-refractivity contribution in [1.29, 1.82) is 0 Å². The van der Waals surface area contributed by atoms with Gasteiger partial charge in [-0.15, -0.1) is 0 Å². The van der Waals surface area contributed by atoms with E-state index in [-0.39, 0.29) is 5.91 Å². The fourth-order valence-electron chi connectivity index (χ4n) is 1.74. The monoisotopic (exact) mass is 270 g/mol. The molecule has 1 rings (SSSR count). The zero-order valence-corrected chi connectivity index (χ0v) is 12.1. The van der Waals surface area contributed by atoms with Gasteiger partial charge < -0.3 is 16.4 Å². The molecule has 102 valence electrons. The first kappa shape index (κ1) is 14.8. The summed E-state index contributed by atoms with van der Waals surface area (Å²) in [6, 6.07) is 0.319. The molecule has 0 spiro atoms. The van der Waals surface area contributed by atoms with Crippen LogP contribution in [0.3, 0.4) is 0 Å². The minimum Gasteiger partial charge on any atom is -0.382 e. The van der Waals surface area contributed by atoms with Crippen molar-refractivity contribution in [3.05, 3.63) is 5.56 Å². The van der Waals surface area contributed by atoms with Crippen LogP contribution in [0.5, 0.6) is 0 Å². The van der Waals surface area contributed by atoms with Crippen LogP contribution in [0.1, 0.15) is 49.9 Å². The Bertz CT molecular complexity index is 391. The van der Waals surface area contributed by atoms with E-state index < -0.39 is 0 Å². The Morgan fingerprint density at radius 2 is 2.22 bits per heavy atom. The molecular weight excluding hydrogens is 248 g/mol. The zero-order chi connectivity index (χ0) is 13.5. The zero-order valence-electron chi connectivity index (χ0n) is 11.2. The van der Waals surface area contributed by atoms with Crippen LogP contribution in [0.2, 0.25) is 0 Å². The van der Waals surface area contributed by atoms with Gasteiger partial charge in [0.25, 0.3) is 5.91 Å². The Morgan fingerprint density at radius 3 is 2.83 bits per heavy atom. The molecule has 5 nitrogen and oxygen atoms in total. The average Bonchev–Trinajstić information content (AvgIpc) is 2.70. The van der Waals surface area contributed by atoms with Gasteiger partial charge in [-0.2, -0.15) is 4.37 Å². The molecule has 1 atom stereocenters. The fraction of sp³-hybridized carbons (Fsp3) is 0.667. The highest BCUT2D eigenvalue weighted by Gasteiger charge is 2.19. The number of amides is 1. The summed E-state index contributed by atoms with van der Waals surface area (Å²) in [5, 5.41) is 6.66. The number of rotatable bonds is 7. The topological polar surface area (TPSA) is 80.0 Å². The summed E-state index contributed by atoms with van der Waals surface area (Å²) in [7, 11) is 1.59. The van der Waals surface area contributed by atoms with Crippen LogP contribution < -0.4 is 16.4 Å². The minimum absolute atomic E-state index is 0.190. The van der Waals surface area contributed by atoms with Gasteiger partial charge >= 0.3 is 0 Å². The SMILES string of the molecule is CCCCCC(C)Nc1snc(N)c1C(=O)NC. The predicted octanol–water partition coefficient (Wildman–Crippen LogP) is 2.47. The van der Waals surface area contributed by atoms with E-state index in [2.05, 4.69) is 28.9 Å². The Hall–Kier alpha value is -1.30. The Balaban J connectivity index is 2.64. The highest BCUT2D eigenvalue weighted by Crippen LogP contribution is 2.27. The first-order chi connectivity index (χ1) is 8.60. The van der Waals surface area contributed by atoms with Crippen molar-refractivity contribution in [3.8, 4) is 0 Å². The fourth-order valence-corrected chi connectivity index (χ4v) is 2.57. The van der Waals surface area contributed by atoms with E-state index in [1.165, 1.54) is 30.8 Å². The number of nitrogen functional groups attached to an aromatic ring is 1. The molecule has 1 aromatic heterocycles. The van der Waals surface area contributed by atoms with E-state index in [1.54, 1.807) is 7.05 Å². The van der Waals surface area contributed by atoms with E-state index >= 15 is 0 Å². The molecule has 18 heavy (non-hydrogen) atoms. The van der Waals surface area contributed by atoms with Gasteiger partial charge in [0.1, 0.15) is 10.6 Å². The number of nitrogens with two attached hydrogens (primary N) is 1. The van der Waals surface area contributed by atoms with Crippen LogP contribution in [0.15, 0.2) is 0 Å². The number of carbonyl (C=O) groups is 1. The lowest BCUT2D eigenvalue weighted by Crippen LogP contribution is -2.22. The van der Waals surface area contributed by atoms with Gasteiger partial charge in [-0.1, -0.05) is 26.2 Å². The number of hydrogen-bond acceptors (Lipinski definition) is 5. The van der Waals surface area contributed by atoms with Gasteiger partial charge in [-0.05, 0) is 24.9 Å². The molecule has 0 saturated carbocycles. The number of unbranched alkanes of at least 4 members (excludes halogenated alkanes) is 2. The molecule has 1 aromatic rings. The Labute approximate surface area is 112 Å². The van der Waals surface area contributed by atoms with Crippen LogP contribution >= 0.6 is 11.5 Å². The summed E-state index contributed by atoms with van der Waals surface area (Å²) < 4.78 is 4.03. The van der Waals surface area contributed by atoms with E-state index in [0.29, 0.717) is 17.4 Å². The number of hydrogen-bond donors (Lipinski definition) is 3. The molecule has 0 bridgehead atoms. The molecule has 0 aliphatic rings. The predicted molar refractivity (Wildman–Crippen MR) is 77.1 cm³/mol. The summed E-state index contributed by atoms with van der Waals surface area (Å²) in [5.74, 6) is 0.104. The molecule has 0 aliphatic carbocycles. The summed E-state index contributed by atoms with van der Waals surface area (Å²) in [4.78, 5) is 11.7. The summed E-state index contributed by atoms with van der Waals surface area (Å²) in [6.07, 6.45) is 4.72. The molecule has 1 amide bonds. The van der Waals surface area contributed by atoms with Crippen LogP contribution in [0.4, 0.5) is 10.8 Å². The number of nitrogens with one attached hydrogen (secondary N) is 2. The third-order valence-corrected chi connectivity index (χ3v) is 3.58. The maximum Gasteiger partial charge on any atom is 0.257 e. The molecule has 6 heteroatoms. The highest BCUT2D eigenvalue weighted by molar-refractivity contribution is 7.11. The van der Waals surface area contributed by atoms with Crippen molar-refractivity contribution in [3.63, 3.8) is 0 Å². The standard InChI is InChI=1S/C12H22N4OS/c1-4-5-6-7-8(2)15-12-9(11(17)14-3)10(13)16-18-12/h8,15H,4-7H2,1-3H3,(H2,13,16)(H,14,17). The van der Waals surface area contributed by atoms with E-state index in [0.717, 1.165) is 11.4 Å². The first-order valence-electron chi connectivity index (χ1n) is 6.33. The first-order valence-corrected chi connectivity index (χ1v) is 7.11. The lowest BCUT2D eigenvalue weighted by atomic mass is 10.1. The molecule has 0 aliphatic heterocycles. The maximum absolute atomic E-state index is 11.7. The molecular formula is C12H22N4OS. The van der Waals surface area contributed by atoms with Crippen LogP contribution in [0.25, 0.3) is 0 Å². The van der Waals surface area contributed by atoms with Gasteiger partial charge in [-0.25, -0.2) is 0 Å². The maximum atomic E-state index is 11.7.